The van der Waals surface area contributed by atoms with Gasteiger partial charge in [-0.2, -0.15) is 0 Å². The van der Waals surface area contributed by atoms with Crippen LogP contribution in [0.15, 0.2) is 12.3 Å². The number of imide groups is 1. The fourth-order valence-corrected chi connectivity index (χ4v) is 2.36. The van der Waals surface area contributed by atoms with E-state index in [0.29, 0.717) is 10.7 Å². The lowest BCUT2D eigenvalue weighted by molar-refractivity contribution is -0.138. The molecular weight excluding hydrogens is 282 g/mol. The first kappa shape index (κ1) is 14.6. The first-order valence-corrected chi connectivity index (χ1v) is 6.71. The van der Waals surface area contributed by atoms with E-state index in [1.54, 1.807) is 23.8 Å². The van der Waals surface area contributed by atoms with Crippen LogP contribution in [-0.4, -0.2) is 39.8 Å². The quantitative estimate of drug-likeness (QED) is 0.834. The average Bonchev–Trinajstić information content (AvgIpc) is 2.75. The molecule has 0 radical (unpaired) electrons. The van der Waals surface area contributed by atoms with Crippen molar-refractivity contribution in [1.29, 1.82) is 0 Å². The number of carbonyl (C=O) groups excluding carboxylic acids is 3. The van der Waals surface area contributed by atoms with E-state index < -0.39 is 17.9 Å². The van der Waals surface area contributed by atoms with Gasteiger partial charge in [0.1, 0.15) is 18.3 Å². The van der Waals surface area contributed by atoms with Gasteiger partial charge in [0.2, 0.25) is 11.8 Å². The molecular formula is C13H16ClN3O3. The zero-order chi connectivity index (χ0) is 15.0. The minimum absolute atomic E-state index is 0.0473. The Kier molecular flexibility index (Phi) is 3.85. The summed E-state index contributed by atoms with van der Waals surface area (Å²) >= 11 is 5.95. The molecule has 1 aromatic heterocycles. The maximum atomic E-state index is 12.6. The Balaban J connectivity index is 2.35. The predicted octanol–water partition coefficient (Wildman–Crippen LogP) is 1.21. The maximum Gasteiger partial charge on any atom is 0.271 e. The molecule has 0 aromatic carbocycles. The second kappa shape index (κ2) is 5.28. The molecule has 0 spiro atoms. The molecule has 0 aliphatic carbocycles. The molecule has 2 rings (SSSR count). The van der Waals surface area contributed by atoms with Gasteiger partial charge in [0.05, 0.1) is 5.02 Å². The van der Waals surface area contributed by atoms with E-state index in [9.17, 15) is 14.4 Å². The molecule has 0 bridgehead atoms. The molecule has 1 N–H and O–H groups in total. The van der Waals surface area contributed by atoms with E-state index in [-0.39, 0.29) is 18.5 Å². The Morgan fingerprint density at radius 2 is 2.10 bits per heavy atom. The van der Waals surface area contributed by atoms with Crippen molar-refractivity contribution < 1.29 is 14.4 Å². The van der Waals surface area contributed by atoms with Gasteiger partial charge in [-0.1, -0.05) is 11.6 Å². The number of rotatable bonds is 2. The van der Waals surface area contributed by atoms with E-state index in [0.717, 1.165) is 0 Å². The van der Waals surface area contributed by atoms with Crippen molar-refractivity contribution in [2.75, 3.05) is 6.54 Å². The van der Waals surface area contributed by atoms with Crippen molar-refractivity contribution in [2.45, 2.75) is 32.9 Å². The van der Waals surface area contributed by atoms with Gasteiger partial charge in [0, 0.05) is 12.2 Å². The van der Waals surface area contributed by atoms with Gasteiger partial charge in [-0.25, -0.2) is 0 Å². The van der Waals surface area contributed by atoms with Crippen LogP contribution < -0.4 is 5.32 Å². The molecule has 1 unspecified atom stereocenters. The van der Waals surface area contributed by atoms with Crippen molar-refractivity contribution in [3.05, 3.63) is 23.0 Å². The molecule has 3 amide bonds. The van der Waals surface area contributed by atoms with Gasteiger partial charge >= 0.3 is 0 Å². The number of carbonyl (C=O) groups is 3. The average molecular weight is 298 g/mol. The Morgan fingerprint density at radius 3 is 2.70 bits per heavy atom. The Bertz CT molecular complexity index is 579. The van der Waals surface area contributed by atoms with Crippen LogP contribution in [0.4, 0.5) is 0 Å². The molecule has 1 aliphatic rings. The lowest BCUT2D eigenvalue weighted by atomic mass is 10.2. The fraction of sp³-hybridized carbons (Fsp3) is 0.462. The van der Waals surface area contributed by atoms with Crippen LogP contribution in [0.3, 0.4) is 0 Å². The van der Waals surface area contributed by atoms with Crippen LogP contribution in [0, 0.1) is 0 Å². The van der Waals surface area contributed by atoms with E-state index in [1.165, 1.54) is 4.90 Å². The fourth-order valence-electron chi connectivity index (χ4n) is 2.15. The number of piperazine rings is 1. The largest absolute Gasteiger partial charge is 0.339 e. The topological polar surface area (TPSA) is 71.4 Å². The second-order valence-corrected chi connectivity index (χ2v) is 5.50. The standard InChI is InChI=1S/C13H16ClN3O3/c1-7(2)16-5-9(14)4-10(16)13(20)17-6-11(18)15-12(19)8(17)3/h4-5,7-8H,6H2,1-3H3,(H,15,18,19). The smallest absolute Gasteiger partial charge is 0.271 e. The van der Waals surface area contributed by atoms with Crippen LogP contribution in [0.2, 0.25) is 5.02 Å². The summed E-state index contributed by atoms with van der Waals surface area (Å²) in [5, 5.41) is 2.65. The zero-order valence-corrected chi connectivity index (χ0v) is 12.3. The van der Waals surface area contributed by atoms with Gasteiger partial charge in [-0.3, -0.25) is 19.7 Å². The van der Waals surface area contributed by atoms with E-state index >= 15 is 0 Å². The maximum absolute atomic E-state index is 12.6. The lowest BCUT2D eigenvalue weighted by Gasteiger charge is -2.32. The third kappa shape index (κ3) is 2.56. The number of nitrogens with one attached hydrogen (secondary N) is 1. The molecule has 1 fully saturated rings. The highest BCUT2D eigenvalue weighted by Crippen LogP contribution is 2.21. The summed E-state index contributed by atoms with van der Waals surface area (Å²) in [6, 6.07) is 0.911. The number of aromatic nitrogens is 1. The van der Waals surface area contributed by atoms with Crippen LogP contribution in [0.25, 0.3) is 0 Å². The summed E-state index contributed by atoms with van der Waals surface area (Å²) in [4.78, 5) is 36.9. The molecule has 6 nitrogen and oxygen atoms in total. The lowest BCUT2D eigenvalue weighted by Crippen LogP contribution is -2.58. The Hall–Kier alpha value is -1.82. The molecule has 1 aromatic rings. The molecule has 1 atom stereocenters. The van der Waals surface area contributed by atoms with Crippen molar-refractivity contribution in [1.82, 2.24) is 14.8 Å². The molecule has 1 saturated heterocycles. The highest BCUT2D eigenvalue weighted by molar-refractivity contribution is 6.31. The third-order valence-electron chi connectivity index (χ3n) is 3.28. The minimum atomic E-state index is -0.686. The van der Waals surface area contributed by atoms with Crippen LogP contribution in [0.5, 0.6) is 0 Å². The third-order valence-corrected chi connectivity index (χ3v) is 3.48. The highest BCUT2D eigenvalue weighted by Gasteiger charge is 2.35. The SMILES string of the molecule is CC1C(=O)NC(=O)CN1C(=O)c1cc(Cl)cn1C(C)C. The van der Waals surface area contributed by atoms with Gasteiger partial charge in [0.25, 0.3) is 5.91 Å². The van der Waals surface area contributed by atoms with E-state index in [2.05, 4.69) is 5.32 Å². The van der Waals surface area contributed by atoms with Gasteiger partial charge in [-0.05, 0) is 26.8 Å². The van der Waals surface area contributed by atoms with Crippen molar-refractivity contribution in [2.24, 2.45) is 0 Å². The van der Waals surface area contributed by atoms with Gasteiger partial charge in [-0.15, -0.1) is 0 Å². The summed E-state index contributed by atoms with van der Waals surface area (Å²) in [6.45, 7) is 5.30. The summed E-state index contributed by atoms with van der Waals surface area (Å²) in [6.07, 6.45) is 1.66. The number of hydrogen-bond donors (Lipinski definition) is 1. The summed E-state index contributed by atoms with van der Waals surface area (Å²) in [5.74, 6) is -1.32. The number of amides is 3. The van der Waals surface area contributed by atoms with Gasteiger partial charge in [0.15, 0.2) is 0 Å². The molecule has 7 heteroatoms. The molecule has 20 heavy (non-hydrogen) atoms. The number of hydrogen-bond acceptors (Lipinski definition) is 3. The van der Waals surface area contributed by atoms with Crippen molar-refractivity contribution >= 4 is 29.3 Å². The van der Waals surface area contributed by atoms with Crippen molar-refractivity contribution in [3.63, 3.8) is 0 Å². The number of halogens is 1. The second-order valence-electron chi connectivity index (χ2n) is 5.07. The van der Waals surface area contributed by atoms with E-state index in [4.69, 9.17) is 11.6 Å². The Labute approximate surface area is 121 Å². The highest BCUT2D eigenvalue weighted by atomic mass is 35.5. The van der Waals surface area contributed by atoms with Crippen molar-refractivity contribution in [3.8, 4) is 0 Å². The summed E-state index contributed by atoms with van der Waals surface area (Å²) < 4.78 is 1.73. The molecule has 0 saturated carbocycles. The van der Waals surface area contributed by atoms with Gasteiger partial charge < -0.3 is 9.47 Å². The van der Waals surface area contributed by atoms with E-state index in [1.807, 2.05) is 13.8 Å². The molecule has 2 heterocycles. The zero-order valence-electron chi connectivity index (χ0n) is 11.5. The summed E-state index contributed by atoms with van der Waals surface area (Å²) in [5.41, 5.74) is 0.374. The molecule has 108 valence electrons. The predicted molar refractivity (Wildman–Crippen MR) is 73.5 cm³/mol. The van der Waals surface area contributed by atoms with Crippen LogP contribution in [-0.2, 0) is 9.59 Å². The van der Waals surface area contributed by atoms with Crippen LogP contribution in [0.1, 0.15) is 37.3 Å². The first-order chi connectivity index (χ1) is 9.31. The summed E-state index contributed by atoms with van der Waals surface area (Å²) in [7, 11) is 0. The molecule has 1 aliphatic heterocycles. The minimum Gasteiger partial charge on any atom is -0.339 e. The van der Waals surface area contributed by atoms with Crippen LogP contribution >= 0.6 is 11.6 Å². The first-order valence-electron chi connectivity index (χ1n) is 6.33. The Morgan fingerprint density at radius 1 is 1.45 bits per heavy atom. The monoisotopic (exact) mass is 297 g/mol. The normalized spacial score (nSPS) is 19.4. The number of nitrogens with zero attached hydrogens (tertiary/aromatic N) is 2.